The quantitative estimate of drug-likeness (QED) is 0.426. The largest absolute Gasteiger partial charge is 0.341 e. The van der Waals surface area contributed by atoms with Gasteiger partial charge in [-0.25, -0.2) is 9.97 Å². The number of amides is 1. The Kier molecular flexibility index (Phi) is 7.54. The second-order valence-electron chi connectivity index (χ2n) is 9.83. The summed E-state index contributed by atoms with van der Waals surface area (Å²) in [5.74, 6) is 0.603. The maximum Gasteiger partial charge on any atom is 0.248 e. The zero-order valence-electron chi connectivity index (χ0n) is 21.1. The molecule has 1 N–H and O–H groups in total. The maximum absolute atomic E-state index is 12.5. The Hall–Kier alpha value is -2.96. The second-order valence-corrected chi connectivity index (χ2v) is 10.2. The van der Waals surface area contributed by atoms with E-state index < -0.39 is 0 Å². The second kappa shape index (κ2) is 11.0. The number of piperidine rings is 1. The molecule has 3 heterocycles. The Bertz CT molecular complexity index is 1280. The highest BCUT2D eigenvalue weighted by molar-refractivity contribution is 6.32. The van der Waals surface area contributed by atoms with Gasteiger partial charge in [0.05, 0.1) is 11.2 Å². The van der Waals surface area contributed by atoms with Gasteiger partial charge < -0.3 is 15.1 Å². The Morgan fingerprint density at radius 3 is 2.58 bits per heavy atom. The number of aryl methyl sites for hydroxylation is 2. The Morgan fingerprint density at radius 1 is 1.08 bits per heavy atom. The zero-order chi connectivity index (χ0) is 25.1. The van der Waals surface area contributed by atoms with Gasteiger partial charge in [-0.2, -0.15) is 0 Å². The number of nitrogens with zero attached hydrogens (tertiary/aromatic N) is 4. The number of anilines is 2. The highest BCUT2D eigenvalue weighted by Gasteiger charge is 2.27. The van der Waals surface area contributed by atoms with E-state index >= 15 is 0 Å². The summed E-state index contributed by atoms with van der Waals surface area (Å²) in [7, 11) is 0. The van der Waals surface area contributed by atoms with Crippen molar-refractivity contribution in [3.8, 4) is 0 Å². The summed E-state index contributed by atoms with van der Waals surface area (Å²) in [6.07, 6.45) is 9.20. The van der Waals surface area contributed by atoms with Crippen LogP contribution in [0.25, 0.3) is 17.0 Å². The number of carbonyl (C=O) groups excluding carboxylic acids is 1. The van der Waals surface area contributed by atoms with Gasteiger partial charge in [0.1, 0.15) is 0 Å². The minimum atomic E-state index is -0.207. The summed E-state index contributed by atoms with van der Waals surface area (Å²) < 4.78 is 0. The normalized spacial score (nSPS) is 17.4. The molecule has 2 fully saturated rings. The molecular weight excluding hydrogens is 470 g/mol. The maximum atomic E-state index is 12.5. The van der Waals surface area contributed by atoms with Crippen LogP contribution in [0.5, 0.6) is 0 Å². The molecular formula is C29H34ClN5O. The molecule has 1 amide bonds. The average Bonchev–Trinajstić information content (AvgIpc) is 3.43. The first-order valence-corrected chi connectivity index (χ1v) is 13.4. The van der Waals surface area contributed by atoms with Crippen molar-refractivity contribution in [3.05, 3.63) is 64.3 Å². The van der Waals surface area contributed by atoms with E-state index in [1.807, 2.05) is 43.3 Å². The van der Waals surface area contributed by atoms with Crippen LogP contribution in [0.15, 0.2) is 42.5 Å². The number of aromatic nitrogens is 2. The number of halogens is 1. The molecule has 0 spiro atoms. The van der Waals surface area contributed by atoms with Gasteiger partial charge in [-0.3, -0.25) is 4.79 Å². The van der Waals surface area contributed by atoms with E-state index in [-0.39, 0.29) is 5.91 Å². The minimum Gasteiger partial charge on any atom is -0.341 e. The van der Waals surface area contributed by atoms with Crippen LogP contribution in [0, 0.1) is 6.92 Å². The molecule has 2 aromatic carbocycles. The number of rotatable bonds is 6. The summed E-state index contributed by atoms with van der Waals surface area (Å²) in [5, 5.41) is 4.54. The third-order valence-corrected chi connectivity index (χ3v) is 7.76. The van der Waals surface area contributed by atoms with Crippen LogP contribution in [-0.4, -0.2) is 53.0 Å². The molecule has 36 heavy (non-hydrogen) atoms. The van der Waals surface area contributed by atoms with Crippen LogP contribution < -0.4 is 10.2 Å². The predicted molar refractivity (Wildman–Crippen MR) is 149 cm³/mol. The van der Waals surface area contributed by atoms with Gasteiger partial charge in [-0.15, -0.1) is 0 Å². The van der Waals surface area contributed by atoms with E-state index in [2.05, 4.69) is 22.0 Å². The van der Waals surface area contributed by atoms with Gasteiger partial charge in [0.15, 0.2) is 0 Å². The molecule has 0 radical (unpaired) electrons. The third kappa shape index (κ3) is 5.55. The highest BCUT2D eigenvalue weighted by Crippen LogP contribution is 2.27. The number of likely N-dealkylation sites (tertiary alicyclic amines) is 1. The fourth-order valence-electron chi connectivity index (χ4n) is 5.30. The van der Waals surface area contributed by atoms with Crippen LogP contribution in [0.4, 0.5) is 11.6 Å². The van der Waals surface area contributed by atoms with E-state index in [4.69, 9.17) is 21.6 Å². The SMILES string of the molecule is CCc1ccc(/C=C/C(=O)Nc2ccc3nc(N4CCC(N5CCCC5)CC4)nc(C)c3c2)c(Cl)c1. The molecule has 2 saturated heterocycles. The van der Waals surface area contributed by atoms with Crippen LogP contribution in [-0.2, 0) is 11.2 Å². The third-order valence-electron chi connectivity index (χ3n) is 7.43. The van der Waals surface area contributed by atoms with Crippen LogP contribution >= 0.6 is 11.6 Å². The molecule has 188 valence electrons. The van der Waals surface area contributed by atoms with Gasteiger partial charge in [0, 0.05) is 41.3 Å². The monoisotopic (exact) mass is 503 g/mol. The van der Waals surface area contributed by atoms with Gasteiger partial charge in [-0.1, -0.05) is 30.7 Å². The molecule has 2 aliphatic rings. The average molecular weight is 504 g/mol. The summed E-state index contributed by atoms with van der Waals surface area (Å²) in [6, 6.07) is 12.4. The number of benzene rings is 2. The molecule has 0 aliphatic carbocycles. The molecule has 5 rings (SSSR count). The topological polar surface area (TPSA) is 61.4 Å². The standard InChI is InChI=1S/C29H34ClN5O/c1-3-21-6-7-22(26(30)18-21)8-11-28(36)32-23-9-10-27-25(19-23)20(2)31-29(33-27)35-16-12-24(13-17-35)34-14-4-5-15-34/h6-11,18-19,24H,3-5,12-17H2,1-2H3,(H,32,36)/b11-8+. The molecule has 2 aliphatic heterocycles. The van der Waals surface area contributed by atoms with Crippen molar-refractivity contribution >= 4 is 46.1 Å². The van der Waals surface area contributed by atoms with E-state index in [9.17, 15) is 4.79 Å². The molecule has 0 unspecified atom stereocenters. The molecule has 6 nitrogen and oxygen atoms in total. The lowest BCUT2D eigenvalue weighted by atomic mass is 10.0. The lowest BCUT2D eigenvalue weighted by molar-refractivity contribution is -0.111. The van der Waals surface area contributed by atoms with E-state index in [1.54, 1.807) is 6.08 Å². The van der Waals surface area contributed by atoms with Crippen molar-refractivity contribution < 1.29 is 4.79 Å². The summed E-state index contributed by atoms with van der Waals surface area (Å²) in [5.41, 5.74) is 4.53. The van der Waals surface area contributed by atoms with E-state index in [0.29, 0.717) is 11.1 Å². The van der Waals surface area contributed by atoms with Crippen LogP contribution in [0.1, 0.15) is 49.4 Å². The number of nitrogens with one attached hydrogen (secondary N) is 1. The van der Waals surface area contributed by atoms with Crippen molar-refractivity contribution in [1.82, 2.24) is 14.9 Å². The molecule has 7 heteroatoms. The van der Waals surface area contributed by atoms with E-state index in [1.165, 1.54) is 50.4 Å². The smallest absolute Gasteiger partial charge is 0.248 e. The van der Waals surface area contributed by atoms with Crippen LogP contribution in [0.3, 0.4) is 0 Å². The molecule has 1 aromatic heterocycles. The minimum absolute atomic E-state index is 0.207. The fourth-order valence-corrected chi connectivity index (χ4v) is 5.56. The van der Waals surface area contributed by atoms with E-state index in [0.717, 1.165) is 53.3 Å². The van der Waals surface area contributed by atoms with Crippen molar-refractivity contribution in [3.63, 3.8) is 0 Å². The van der Waals surface area contributed by atoms with Gasteiger partial charge in [0.25, 0.3) is 0 Å². The van der Waals surface area contributed by atoms with Crippen molar-refractivity contribution in [2.24, 2.45) is 0 Å². The van der Waals surface area contributed by atoms with Gasteiger partial charge in [-0.05, 0) is 93.6 Å². The lowest BCUT2D eigenvalue weighted by Gasteiger charge is -2.36. The lowest BCUT2D eigenvalue weighted by Crippen LogP contribution is -2.44. The zero-order valence-corrected chi connectivity index (χ0v) is 21.9. The van der Waals surface area contributed by atoms with Gasteiger partial charge >= 0.3 is 0 Å². The van der Waals surface area contributed by atoms with Crippen molar-refractivity contribution in [2.75, 3.05) is 36.4 Å². The van der Waals surface area contributed by atoms with Crippen LogP contribution in [0.2, 0.25) is 5.02 Å². The Labute approximate surface area is 218 Å². The molecule has 3 aromatic rings. The summed E-state index contributed by atoms with van der Waals surface area (Å²) >= 11 is 6.34. The number of hydrogen-bond acceptors (Lipinski definition) is 5. The Balaban J connectivity index is 1.25. The number of fused-ring (bicyclic) bond motifs is 1. The predicted octanol–water partition coefficient (Wildman–Crippen LogP) is 5.87. The number of carbonyl (C=O) groups is 1. The first-order chi connectivity index (χ1) is 17.5. The molecule has 0 saturated carbocycles. The number of hydrogen-bond donors (Lipinski definition) is 1. The summed E-state index contributed by atoms with van der Waals surface area (Å²) in [4.78, 5) is 27.2. The van der Waals surface area contributed by atoms with Crippen molar-refractivity contribution in [2.45, 2.75) is 52.0 Å². The highest BCUT2D eigenvalue weighted by atomic mass is 35.5. The first-order valence-electron chi connectivity index (χ1n) is 13.0. The Morgan fingerprint density at radius 2 is 1.86 bits per heavy atom. The molecule has 0 atom stereocenters. The summed E-state index contributed by atoms with van der Waals surface area (Å²) in [6.45, 7) is 8.60. The first kappa shape index (κ1) is 24.7. The van der Waals surface area contributed by atoms with Crippen molar-refractivity contribution in [1.29, 1.82) is 0 Å². The van der Waals surface area contributed by atoms with Gasteiger partial charge in [0.2, 0.25) is 11.9 Å². The fraction of sp³-hybridized carbons (Fsp3) is 0.414. The molecule has 0 bridgehead atoms.